The molecule has 32 heavy (non-hydrogen) atoms. The summed E-state index contributed by atoms with van der Waals surface area (Å²) >= 11 is 5.88. The molecule has 0 aromatic heterocycles. The highest BCUT2D eigenvalue weighted by atomic mass is 35.5. The van der Waals surface area contributed by atoms with Crippen LogP contribution in [0.3, 0.4) is 0 Å². The summed E-state index contributed by atoms with van der Waals surface area (Å²) in [6.07, 6.45) is 0. The average Bonchev–Trinajstić information content (AvgIpc) is 2.78. The van der Waals surface area contributed by atoms with Gasteiger partial charge in [0.2, 0.25) is 0 Å². The van der Waals surface area contributed by atoms with Gasteiger partial charge in [0, 0.05) is 10.7 Å². The summed E-state index contributed by atoms with van der Waals surface area (Å²) in [5.41, 5.74) is 1.33. The minimum atomic E-state index is -3.77. The summed E-state index contributed by atoms with van der Waals surface area (Å²) in [6, 6.07) is 19.4. The van der Waals surface area contributed by atoms with Crippen LogP contribution >= 0.6 is 11.6 Å². The number of sulfonamides is 1. The van der Waals surface area contributed by atoms with Crippen LogP contribution in [-0.4, -0.2) is 28.0 Å². The van der Waals surface area contributed by atoms with Crippen LogP contribution in [0.1, 0.15) is 18.5 Å². The second-order valence-corrected chi connectivity index (χ2v) is 9.05. The van der Waals surface area contributed by atoms with Gasteiger partial charge in [0.05, 0.1) is 18.0 Å². The molecule has 3 rings (SSSR count). The minimum absolute atomic E-state index is 0.0708. The monoisotopic (exact) mass is 474 g/mol. The van der Waals surface area contributed by atoms with Crippen molar-refractivity contribution in [1.29, 1.82) is 0 Å². The molecule has 0 aliphatic heterocycles. The molecule has 9 heteroatoms. The summed E-state index contributed by atoms with van der Waals surface area (Å²) < 4.78 is 38.1. The zero-order chi connectivity index (χ0) is 23.1. The molecule has 0 saturated heterocycles. The minimum Gasteiger partial charge on any atom is -0.497 e. The van der Waals surface area contributed by atoms with E-state index < -0.39 is 10.0 Å². The van der Waals surface area contributed by atoms with Gasteiger partial charge in [0.1, 0.15) is 11.5 Å². The molecule has 1 atom stereocenters. The predicted octanol–water partition coefficient (Wildman–Crippen LogP) is 4.41. The Kier molecular flexibility index (Phi) is 7.61. The van der Waals surface area contributed by atoms with Crippen LogP contribution in [0.4, 0.5) is 5.69 Å². The van der Waals surface area contributed by atoms with Crippen molar-refractivity contribution >= 4 is 33.2 Å². The van der Waals surface area contributed by atoms with Crippen LogP contribution in [-0.2, 0) is 14.8 Å². The number of benzene rings is 3. The highest BCUT2D eigenvalue weighted by Gasteiger charge is 2.15. The van der Waals surface area contributed by atoms with Crippen molar-refractivity contribution in [3.63, 3.8) is 0 Å². The normalized spacial score (nSPS) is 12.0. The Morgan fingerprint density at radius 1 is 0.938 bits per heavy atom. The number of methoxy groups -OCH3 is 1. The van der Waals surface area contributed by atoms with Gasteiger partial charge in [-0.1, -0.05) is 23.7 Å². The number of carbonyl (C=O) groups is 1. The molecule has 168 valence electrons. The van der Waals surface area contributed by atoms with Crippen molar-refractivity contribution in [3.8, 4) is 11.5 Å². The van der Waals surface area contributed by atoms with Crippen LogP contribution in [0, 0.1) is 0 Å². The first-order chi connectivity index (χ1) is 15.3. The Morgan fingerprint density at radius 2 is 1.53 bits per heavy atom. The van der Waals surface area contributed by atoms with E-state index in [4.69, 9.17) is 21.1 Å². The molecule has 3 aromatic rings. The Morgan fingerprint density at radius 3 is 2.12 bits per heavy atom. The third kappa shape index (κ3) is 6.38. The molecule has 3 aromatic carbocycles. The van der Waals surface area contributed by atoms with Gasteiger partial charge >= 0.3 is 0 Å². The zero-order valence-electron chi connectivity index (χ0n) is 17.5. The molecule has 0 radical (unpaired) electrons. The SMILES string of the molecule is COc1ccc(NS(=O)(=O)c2ccc(OCC(=O)N[C@@H](C)c3ccc(Cl)cc3)cc2)cc1. The van der Waals surface area contributed by atoms with Crippen molar-refractivity contribution in [2.24, 2.45) is 0 Å². The highest BCUT2D eigenvalue weighted by Crippen LogP contribution is 2.21. The molecule has 2 N–H and O–H groups in total. The first-order valence-corrected chi connectivity index (χ1v) is 11.6. The quantitative estimate of drug-likeness (QED) is 0.479. The summed E-state index contributed by atoms with van der Waals surface area (Å²) in [5, 5.41) is 3.46. The van der Waals surface area contributed by atoms with E-state index in [1.165, 1.54) is 31.4 Å². The van der Waals surface area contributed by atoms with Crippen LogP contribution in [0.2, 0.25) is 5.02 Å². The van der Waals surface area contributed by atoms with E-state index in [1.807, 2.05) is 19.1 Å². The number of nitrogens with one attached hydrogen (secondary N) is 2. The molecule has 7 nitrogen and oxygen atoms in total. The first-order valence-electron chi connectivity index (χ1n) is 9.71. The standard InChI is InChI=1S/C23H23ClN2O5S/c1-16(17-3-5-18(24)6-4-17)25-23(27)15-31-21-11-13-22(14-12-21)32(28,29)26-19-7-9-20(30-2)10-8-19/h3-14,16,26H,15H2,1-2H3,(H,25,27)/t16-/m0/s1. The third-order valence-electron chi connectivity index (χ3n) is 4.59. The Bertz CT molecular complexity index is 1150. The van der Waals surface area contributed by atoms with Crippen molar-refractivity contribution in [2.45, 2.75) is 17.9 Å². The number of hydrogen-bond acceptors (Lipinski definition) is 5. The molecule has 0 aliphatic carbocycles. The number of rotatable bonds is 9. The Balaban J connectivity index is 1.54. The smallest absolute Gasteiger partial charge is 0.261 e. The second kappa shape index (κ2) is 10.4. The number of amides is 1. The second-order valence-electron chi connectivity index (χ2n) is 6.93. The van der Waals surface area contributed by atoms with Gasteiger partial charge in [-0.2, -0.15) is 0 Å². The van der Waals surface area contributed by atoms with Gasteiger partial charge < -0.3 is 14.8 Å². The molecule has 0 saturated carbocycles. The largest absolute Gasteiger partial charge is 0.497 e. The molecule has 0 aliphatic rings. The van der Waals surface area contributed by atoms with E-state index in [2.05, 4.69) is 10.0 Å². The van der Waals surface area contributed by atoms with E-state index in [-0.39, 0.29) is 23.5 Å². The number of hydrogen-bond donors (Lipinski definition) is 2. The number of halogens is 1. The molecule has 1 amide bonds. The summed E-state index contributed by atoms with van der Waals surface area (Å²) in [4.78, 5) is 12.2. The van der Waals surface area contributed by atoms with Gasteiger partial charge in [-0.3, -0.25) is 9.52 Å². The summed E-state index contributed by atoms with van der Waals surface area (Å²) in [6.45, 7) is 1.66. The van der Waals surface area contributed by atoms with Crippen LogP contribution in [0.5, 0.6) is 11.5 Å². The van der Waals surface area contributed by atoms with Gasteiger partial charge in [0.15, 0.2) is 6.61 Å². The highest BCUT2D eigenvalue weighted by molar-refractivity contribution is 7.92. The van der Waals surface area contributed by atoms with Crippen LogP contribution in [0.15, 0.2) is 77.7 Å². The molecule has 0 unspecified atom stereocenters. The predicted molar refractivity (Wildman–Crippen MR) is 124 cm³/mol. The number of anilines is 1. The lowest BCUT2D eigenvalue weighted by Gasteiger charge is -2.15. The molecular formula is C23H23ClN2O5S. The van der Waals surface area contributed by atoms with Gasteiger partial charge in [-0.25, -0.2) is 8.42 Å². The van der Waals surface area contributed by atoms with Crippen molar-refractivity contribution in [2.75, 3.05) is 18.4 Å². The van der Waals surface area contributed by atoms with Gasteiger partial charge in [-0.15, -0.1) is 0 Å². The van der Waals surface area contributed by atoms with Crippen molar-refractivity contribution in [3.05, 3.63) is 83.4 Å². The Hall–Kier alpha value is -3.23. The maximum absolute atomic E-state index is 12.6. The summed E-state index contributed by atoms with van der Waals surface area (Å²) in [7, 11) is -2.23. The molecule has 0 fully saturated rings. The molecule has 0 heterocycles. The van der Waals surface area contributed by atoms with E-state index in [0.717, 1.165) is 5.56 Å². The van der Waals surface area contributed by atoms with E-state index in [0.29, 0.717) is 22.2 Å². The average molecular weight is 475 g/mol. The fourth-order valence-corrected chi connectivity index (χ4v) is 4.04. The first kappa shape index (κ1) is 23.4. The third-order valence-corrected chi connectivity index (χ3v) is 6.24. The van der Waals surface area contributed by atoms with Crippen LogP contribution < -0.4 is 19.5 Å². The number of carbonyl (C=O) groups excluding carboxylic acids is 1. The zero-order valence-corrected chi connectivity index (χ0v) is 19.1. The maximum Gasteiger partial charge on any atom is 0.261 e. The molecule has 0 bridgehead atoms. The topological polar surface area (TPSA) is 93.7 Å². The van der Waals surface area contributed by atoms with E-state index >= 15 is 0 Å². The fourth-order valence-electron chi connectivity index (χ4n) is 2.85. The lowest BCUT2D eigenvalue weighted by atomic mass is 10.1. The van der Waals surface area contributed by atoms with Gasteiger partial charge in [0.25, 0.3) is 15.9 Å². The van der Waals surface area contributed by atoms with E-state index in [1.54, 1.807) is 36.4 Å². The molecular weight excluding hydrogens is 452 g/mol. The molecule has 0 spiro atoms. The van der Waals surface area contributed by atoms with Crippen LogP contribution in [0.25, 0.3) is 0 Å². The fraction of sp³-hybridized carbons (Fsp3) is 0.174. The van der Waals surface area contributed by atoms with Crippen molar-refractivity contribution in [1.82, 2.24) is 5.32 Å². The van der Waals surface area contributed by atoms with Gasteiger partial charge in [-0.05, 0) is 73.2 Å². The Labute approximate surface area is 192 Å². The van der Waals surface area contributed by atoms with E-state index in [9.17, 15) is 13.2 Å². The lowest BCUT2D eigenvalue weighted by molar-refractivity contribution is -0.123. The number of ether oxygens (including phenoxy) is 2. The maximum atomic E-state index is 12.6. The van der Waals surface area contributed by atoms with Crippen molar-refractivity contribution < 1.29 is 22.7 Å². The summed E-state index contributed by atoms with van der Waals surface area (Å²) in [5.74, 6) is 0.703. The lowest BCUT2D eigenvalue weighted by Crippen LogP contribution is -2.31.